The molecule has 1 aromatic carbocycles. The molecule has 4 rings (SSSR count). The lowest BCUT2D eigenvalue weighted by atomic mass is 10.1. The highest BCUT2D eigenvalue weighted by atomic mass is 32.1. The number of nitrogens with zero attached hydrogens (tertiary/aromatic N) is 2. The van der Waals surface area contributed by atoms with Crippen molar-refractivity contribution >= 4 is 39.8 Å². The summed E-state index contributed by atoms with van der Waals surface area (Å²) in [7, 11) is 0. The van der Waals surface area contributed by atoms with E-state index >= 15 is 0 Å². The highest BCUT2D eigenvalue weighted by Gasteiger charge is 2.28. The number of amides is 3. The first kappa shape index (κ1) is 18.4. The smallest absolute Gasteiger partial charge is 0.272 e. The van der Waals surface area contributed by atoms with Crippen molar-refractivity contribution in [2.45, 2.75) is 38.3 Å². The summed E-state index contributed by atoms with van der Waals surface area (Å²) in [5, 5.41) is 13.6. The Kier molecular flexibility index (Phi) is 5.21. The fourth-order valence-corrected chi connectivity index (χ4v) is 3.68. The number of benzene rings is 1. The Morgan fingerprint density at radius 2 is 1.89 bits per heavy atom. The van der Waals surface area contributed by atoms with Crippen LogP contribution in [-0.4, -0.2) is 34.5 Å². The first-order chi connectivity index (χ1) is 13.6. The summed E-state index contributed by atoms with van der Waals surface area (Å²) < 4.78 is 0. The van der Waals surface area contributed by atoms with Crippen LogP contribution in [0.3, 0.4) is 0 Å². The van der Waals surface area contributed by atoms with Crippen molar-refractivity contribution in [1.29, 1.82) is 0 Å². The maximum absolute atomic E-state index is 12.7. The Hall–Kier alpha value is -3.00. The molecule has 1 aliphatic carbocycles. The molecule has 0 saturated heterocycles. The summed E-state index contributed by atoms with van der Waals surface area (Å²) in [5.74, 6) is -0.667. The van der Waals surface area contributed by atoms with Gasteiger partial charge in [0.25, 0.3) is 11.8 Å². The third kappa shape index (κ3) is 4.28. The molecule has 2 heterocycles. The normalized spacial score (nSPS) is 16.5. The van der Waals surface area contributed by atoms with E-state index in [-0.39, 0.29) is 42.3 Å². The van der Waals surface area contributed by atoms with E-state index in [1.54, 1.807) is 11.4 Å². The van der Waals surface area contributed by atoms with Gasteiger partial charge in [0.1, 0.15) is 10.7 Å². The van der Waals surface area contributed by atoms with Crippen LogP contribution in [0.2, 0.25) is 0 Å². The number of hydrazone groups is 1. The van der Waals surface area contributed by atoms with Crippen molar-refractivity contribution in [3.63, 3.8) is 0 Å². The molecule has 8 heteroatoms. The van der Waals surface area contributed by atoms with Gasteiger partial charge in [-0.3, -0.25) is 14.4 Å². The van der Waals surface area contributed by atoms with E-state index < -0.39 is 0 Å². The van der Waals surface area contributed by atoms with Crippen molar-refractivity contribution in [1.82, 2.24) is 10.3 Å². The van der Waals surface area contributed by atoms with Gasteiger partial charge in [0, 0.05) is 18.9 Å². The van der Waals surface area contributed by atoms with Crippen molar-refractivity contribution < 1.29 is 14.4 Å². The van der Waals surface area contributed by atoms with Gasteiger partial charge in [0.05, 0.1) is 12.1 Å². The van der Waals surface area contributed by atoms with E-state index in [1.165, 1.54) is 16.3 Å². The maximum Gasteiger partial charge on any atom is 0.272 e. The molecular weight excluding hydrogens is 376 g/mol. The Labute approximate surface area is 166 Å². The largest absolute Gasteiger partial charge is 0.349 e. The molecule has 0 radical (unpaired) electrons. The maximum atomic E-state index is 12.7. The lowest BCUT2D eigenvalue weighted by Gasteiger charge is -2.23. The first-order valence-corrected chi connectivity index (χ1v) is 10.1. The Morgan fingerprint density at radius 1 is 1.11 bits per heavy atom. The van der Waals surface area contributed by atoms with E-state index in [9.17, 15) is 14.4 Å². The molecule has 0 atom stereocenters. The average Bonchev–Trinajstić information content (AvgIpc) is 3.39. The standard InChI is InChI=1S/C20H20N4O3S/c25-17-9-8-16(23-24(17)12-13-4-2-1-3-5-13)19(27)22-20-15(10-11-28-20)18(26)21-14-6-7-14/h1-5,10-11,14H,6-9,12H2,(H,21,26)(H,22,27). The molecular formula is C20H20N4O3S. The van der Waals surface area contributed by atoms with E-state index in [2.05, 4.69) is 15.7 Å². The molecule has 2 aliphatic rings. The van der Waals surface area contributed by atoms with Gasteiger partial charge in [-0.2, -0.15) is 5.10 Å². The van der Waals surface area contributed by atoms with Gasteiger partial charge in [-0.05, 0) is 29.9 Å². The Bertz CT molecular complexity index is 934. The van der Waals surface area contributed by atoms with Crippen molar-refractivity contribution in [2.75, 3.05) is 5.32 Å². The first-order valence-electron chi connectivity index (χ1n) is 9.21. The van der Waals surface area contributed by atoms with Crippen molar-refractivity contribution in [3.05, 3.63) is 52.9 Å². The zero-order valence-corrected chi connectivity index (χ0v) is 16.0. The fraction of sp³-hybridized carbons (Fsp3) is 0.300. The second-order valence-electron chi connectivity index (χ2n) is 6.85. The van der Waals surface area contributed by atoms with Crippen LogP contribution >= 0.6 is 11.3 Å². The lowest BCUT2D eigenvalue weighted by molar-refractivity contribution is -0.132. The van der Waals surface area contributed by atoms with E-state index in [0.717, 1.165) is 18.4 Å². The number of anilines is 1. The quantitative estimate of drug-likeness (QED) is 0.787. The third-order valence-electron chi connectivity index (χ3n) is 4.59. The monoisotopic (exact) mass is 396 g/mol. The zero-order valence-electron chi connectivity index (χ0n) is 15.2. The molecule has 3 amide bonds. The molecule has 0 unspecified atom stereocenters. The summed E-state index contributed by atoms with van der Waals surface area (Å²) in [4.78, 5) is 37.1. The molecule has 1 fully saturated rings. The predicted molar refractivity (Wildman–Crippen MR) is 107 cm³/mol. The van der Waals surface area contributed by atoms with Gasteiger partial charge in [-0.15, -0.1) is 11.3 Å². The highest BCUT2D eigenvalue weighted by Crippen LogP contribution is 2.26. The van der Waals surface area contributed by atoms with Crippen LogP contribution in [0.5, 0.6) is 0 Å². The predicted octanol–water partition coefficient (Wildman–Crippen LogP) is 2.76. The molecule has 144 valence electrons. The molecule has 2 N–H and O–H groups in total. The second-order valence-corrected chi connectivity index (χ2v) is 7.77. The molecule has 2 aromatic rings. The minimum Gasteiger partial charge on any atom is -0.349 e. The highest BCUT2D eigenvalue weighted by molar-refractivity contribution is 7.14. The van der Waals surface area contributed by atoms with Gasteiger partial charge in [-0.1, -0.05) is 30.3 Å². The van der Waals surface area contributed by atoms with Gasteiger partial charge in [0.15, 0.2) is 0 Å². The van der Waals surface area contributed by atoms with Gasteiger partial charge in [0.2, 0.25) is 5.91 Å². The van der Waals surface area contributed by atoms with Crippen molar-refractivity contribution in [3.8, 4) is 0 Å². The number of nitrogens with one attached hydrogen (secondary N) is 2. The van der Waals surface area contributed by atoms with Crippen LogP contribution in [0, 0.1) is 0 Å². The van der Waals surface area contributed by atoms with E-state index in [1.807, 2.05) is 30.3 Å². The number of carbonyl (C=O) groups excluding carboxylic acids is 3. The molecule has 1 aliphatic heterocycles. The summed E-state index contributed by atoms with van der Waals surface area (Å²) in [5.41, 5.74) is 1.69. The number of hydrogen-bond acceptors (Lipinski definition) is 5. The SMILES string of the molecule is O=C(Nc1sccc1C(=O)NC1CC1)C1=NN(Cc2ccccc2)C(=O)CC1. The Morgan fingerprint density at radius 3 is 2.64 bits per heavy atom. The minimum atomic E-state index is -0.381. The topological polar surface area (TPSA) is 90.9 Å². The summed E-state index contributed by atoms with van der Waals surface area (Å²) in [6.07, 6.45) is 2.52. The van der Waals surface area contributed by atoms with Gasteiger partial charge >= 0.3 is 0 Å². The second kappa shape index (κ2) is 7.93. The minimum absolute atomic E-state index is 0.110. The van der Waals surface area contributed by atoms with Gasteiger partial charge < -0.3 is 10.6 Å². The number of carbonyl (C=O) groups is 3. The van der Waals surface area contributed by atoms with Crippen LogP contribution in [-0.2, 0) is 16.1 Å². The van der Waals surface area contributed by atoms with Crippen LogP contribution in [0.4, 0.5) is 5.00 Å². The van der Waals surface area contributed by atoms with E-state index in [4.69, 9.17) is 0 Å². The molecule has 0 spiro atoms. The van der Waals surface area contributed by atoms with Crippen LogP contribution in [0.1, 0.15) is 41.6 Å². The number of hydrogen-bond donors (Lipinski definition) is 2. The number of rotatable bonds is 6. The summed E-state index contributed by atoms with van der Waals surface area (Å²) in [6, 6.07) is 11.5. The van der Waals surface area contributed by atoms with Gasteiger partial charge in [-0.25, -0.2) is 5.01 Å². The summed E-state index contributed by atoms with van der Waals surface area (Å²) in [6.45, 7) is 0.324. The molecule has 1 saturated carbocycles. The molecule has 7 nitrogen and oxygen atoms in total. The summed E-state index contributed by atoms with van der Waals surface area (Å²) >= 11 is 1.29. The van der Waals surface area contributed by atoms with E-state index in [0.29, 0.717) is 17.1 Å². The van der Waals surface area contributed by atoms with Crippen LogP contribution in [0.25, 0.3) is 0 Å². The average molecular weight is 396 g/mol. The molecule has 1 aromatic heterocycles. The molecule has 0 bridgehead atoms. The molecule has 28 heavy (non-hydrogen) atoms. The zero-order chi connectivity index (χ0) is 19.5. The fourth-order valence-electron chi connectivity index (χ4n) is 2.90. The van der Waals surface area contributed by atoms with Crippen molar-refractivity contribution in [2.24, 2.45) is 5.10 Å². The number of thiophene rings is 1. The Balaban J connectivity index is 1.45. The third-order valence-corrected chi connectivity index (χ3v) is 5.42. The lowest BCUT2D eigenvalue weighted by Crippen LogP contribution is -2.36. The van der Waals surface area contributed by atoms with Crippen LogP contribution in [0.15, 0.2) is 46.9 Å². The van der Waals surface area contributed by atoms with Crippen LogP contribution < -0.4 is 10.6 Å².